The molecule has 70 heavy (non-hydrogen) atoms. The largest absolute Gasteiger partial charge is 0.456 e. The van der Waals surface area contributed by atoms with Gasteiger partial charge in [0, 0.05) is 48.8 Å². The maximum atomic E-state index is 11.1. The van der Waals surface area contributed by atoms with Crippen LogP contribution in [0.2, 0.25) is 0 Å². The number of hydrogen-bond acceptors (Lipinski definition) is 3. The summed E-state index contributed by atoms with van der Waals surface area (Å²) in [7, 11) is 0. The van der Waals surface area contributed by atoms with Gasteiger partial charge in [0.05, 0.1) is 46.0 Å². The predicted molar refractivity (Wildman–Crippen MR) is 287 cm³/mol. The van der Waals surface area contributed by atoms with Crippen molar-refractivity contribution in [3.8, 4) is 39.7 Å². The van der Waals surface area contributed by atoms with Crippen molar-refractivity contribution in [2.24, 2.45) is 0 Å². The maximum Gasteiger partial charge on any atom is 0.208 e. The Morgan fingerprint density at radius 1 is 0.386 bits per heavy atom. The molecule has 322 valence electrons. The van der Waals surface area contributed by atoms with Gasteiger partial charge >= 0.3 is 0 Å². The topological polar surface area (TPSA) is 64.3 Å². The number of furan rings is 2. The van der Waals surface area contributed by atoms with Crippen LogP contribution in [0.3, 0.4) is 0 Å². The third kappa shape index (κ3) is 5.36. The highest BCUT2D eigenvalue weighted by Crippen LogP contribution is 2.45. The molecule has 0 spiro atoms. The molecule has 4 aromatic heterocycles. The Kier molecular flexibility index (Phi) is 7.82. The summed E-state index contributed by atoms with van der Waals surface area (Å²) in [5.74, 6) is 0. The van der Waals surface area contributed by atoms with E-state index in [1.807, 2.05) is 42.5 Å². The molecule has 0 aliphatic heterocycles. The van der Waals surface area contributed by atoms with Crippen LogP contribution in [0.4, 0.5) is 5.69 Å². The highest BCUT2D eigenvalue weighted by atomic mass is 16.3. The third-order valence-electron chi connectivity index (χ3n) is 14.5. The Hall–Kier alpha value is -9.88. The molecule has 0 aliphatic carbocycles. The maximum absolute atomic E-state index is 11.1. The van der Waals surface area contributed by atoms with Gasteiger partial charge in [-0.25, -0.2) is 4.85 Å². The fraction of sp³-hybridized carbons (Fsp3) is 0. The Bertz CT molecular complexity index is 4870. The molecular formula is C64H34N4O2. The molecule has 0 saturated heterocycles. The van der Waals surface area contributed by atoms with Crippen molar-refractivity contribution in [3.05, 3.63) is 223 Å². The van der Waals surface area contributed by atoms with E-state index in [-0.39, 0.29) is 5.69 Å². The van der Waals surface area contributed by atoms with Gasteiger partial charge in [-0.05, 0) is 129 Å². The molecule has 0 N–H and O–H groups in total. The number of nitriles is 1. The van der Waals surface area contributed by atoms with Crippen LogP contribution in [-0.4, -0.2) is 9.13 Å². The van der Waals surface area contributed by atoms with Crippen molar-refractivity contribution in [2.45, 2.75) is 0 Å². The van der Waals surface area contributed by atoms with Crippen LogP contribution < -0.4 is 0 Å². The molecular weight excluding hydrogens is 857 g/mol. The summed E-state index contributed by atoms with van der Waals surface area (Å²) in [6.07, 6.45) is 0. The average molecular weight is 891 g/mol. The van der Waals surface area contributed by atoms with Crippen molar-refractivity contribution in [2.75, 3.05) is 0 Å². The molecule has 15 aromatic rings. The van der Waals surface area contributed by atoms with Gasteiger partial charge in [0.1, 0.15) is 22.3 Å². The summed E-state index contributed by atoms with van der Waals surface area (Å²) >= 11 is 0. The highest BCUT2D eigenvalue weighted by molar-refractivity contribution is 6.24. The molecule has 0 saturated carbocycles. The van der Waals surface area contributed by atoms with Gasteiger partial charge in [0.2, 0.25) is 5.69 Å². The number of para-hydroxylation sites is 2. The molecule has 15 rings (SSSR count). The minimum Gasteiger partial charge on any atom is -0.456 e. The molecule has 0 aliphatic rings. The van der Waals surface area contributed by atoms with Crippen LogP contribution in [0.1, 0.15) is 5.56 Å². The van der Waals surface area contributed by atoms with E-state index in [9.17, 15) is 5.26 Å². The van der Waals surface area contributed by atoms with Crippen LogP contribution in [0, 0.1) is 17.9 Å². The third-order valence-corrected chi connectivity index (χ3v) is 14.5. The van der Waals surface area contributed by atoms with Crippen molar-refractivity contribution in [1.82, 2.24) is 9.13 Å². The second-order valence-corrected chi connectivity index (χ2v) is 18.2. The number of aromatic nitrogens is 2. The van der Waals surface area contributed by atoms with E-state index in [0.29, 0.717) is 11.3 Å². The normalized spacial score (nSPS) is 12.0. The molecule has 0 atom stereocenters. The Labute approximate surface area is 399 Å². The minimum atomic E-state index is 0.285. The Morgan fingerprint density at radius 2 is 0.829 bits per heavy atom. The van der Waals surface area contributed by atoms with E-state index in [2.05, 4.69) is 184 Å². The number of benzene rings is 11. The zero-order chi connectivity index (χ0) is 46.2. The number of nitrogens with zero attached hydrogens (tertiary/aromatic N) is 4. The van der Waals surface area contributed by atoms with Crippen LogP contribution in [0.5, 0.6) is 0 Å². The van der Waals surface area contributed by atoms with Gasteiger partial charge in [-0.2, -0.15) is 5.26 Å². The van der Waals surface area contributed by atoms with E-state index in [0.717, 1.165) is 137 Å². The number of fused-ring (bicyclic) bond motifs is 16. The van der Waals surface area contributed by atoms with Crippen LogP contribution >= 0.6 is 0 Å². The molecule has 11 aromatic carbocycles. The summed E-state index contributed by atoms with van der Waals surface area (Å²) in [4.78, 5) is 4.07. The van der Waals surface area contributed by atoms with E-state index in [4.69, 9.17) is 15.4 Å². The van der Waals surface area contributed by atoms with Gasteiger partial charge < -0.3 is 18.0 Å². The van der Waals surface area contributed by atoms with Crippen molar-refractivity contribution < 1.29 is 8.83 Å². The van der Waals surface area contributed by atoms with Crippen molar-refractivity contribution >= 4 is 115 Å². The summed E-state index contributed by atoms with van der Waals surface area (Å²) in [5, 5.41) is 24.3. The molecule has 0 unspecified atom stereocenters. The first-order valence-corrected chi connectivity index (χ1v) is 23.3. The fourth-order valence-corrected chi connectivity index (χ4v) is 11.4. The molecule has 6 nitrogen and oxygen atoms in total. The first-order chi connectivity index (χ1) is 34.6. The van der Waals surface area contributed by atoms with Gasteiger partial charge in [0.25, 0.3) is 0 Å². The molecule has 0 amide bonds. The molecule has 0 bridgehead atoms. The first kappa shape index (κ1) is 38.2. The lowest BCUT2D eigenvalue weighted by Gasteiger charge is -2.16. The predicted octanol–water partition coefficient (Wildman–Crippen LogP) is 17.7. The second-order valence-electron chi connectivity index (χ2n) is 18.2. The van der Waals surface area contributed by atoms with Gasteiger partial charge in [-0.15, -0.1) is 0 Å². The molecule has 4 heterocycles. The Balaban J connectivity index is 0.975. The quantitative estimate of drug-likeness (QED) is 0.165. The van der Waals surface area contributed by atoms with E-state index in [1.165, 1.54) is 0 Å². The standard InChI is InChI=1S/C64H34N4O2/c1-66-53-34-43(67-54-26-22-39(30-50(54)63-44-12-4-2-10-37(44)20-28-56(63)67)41-18-24-48-46-14-6-8-16-59(46)69-61(48)32-41)35-58(52(53)36-65)68-55-27-23-40(31-51(55)64-45-13-5-3-11-38(45)21-29-57(64)68)42-19-25-49-47-15-7-9-17-60(47)70-62(49)33-42/h2-35H. The second kappa shape index (κ2) is 14.3. The average Bonchev–Trinajstić information content (AvgIpc) is 4.17. The summed E-state index contributed by atoms with van der Waals surface area (Å²) < 4.78 is 17.1. The SMILES string of the molecule is [C-]#[N+]c1cc(-n2c3ccc(-c4ccc5c(c4)oc4ccccc45)cc3c3c4ccccc4ccc32)cc(-n2c3ccc(-c4ccc5c(c4)oc4ccccc45)cc3c3c4ccccc4ccc32)c1C#N. The number of rotatable bonds is 4. The van der Waals surface area contributed by atoms with E-state index < -0.39 is 0 Å². The Morgan fingerprint density at radius 3 is 1.37 bits per heavy atom. The van der Waals surface area contributed by atoms with Crippen LogP contribution in [-0.2, 0) is 0 Å². The highest BCUT2D eigenvalue weighted by Gasteiger charge is 2.24. The van der Waals surface area contributed by atoms with Crippen LogP contribution in [0.25, 0.3) is 148 Å². The summed E-state index contributed by atoms with van der Waals surface area (Å²) in [6, 6.07) is 74.5. The molecule has 0 fully saturated rings. The lowest BCUT2D eigenvalue weighted by atomic mass is 9.99. The fourth-order valence-electron chi connectivity index (χ4n) is 11.4. The molecule has 0 radical (unpaired) electrons. The van der Waals surface area contributed by atoms with Gasteiger partial charge in [-0.1, -0.05) is 121 Å². The van der Waals surface area contributed by atoms with Crippen molar-refractivity contribution in [1.29, 1.82) is 5.26 Å². The summed E-state index contributed by atoms with van der Waals surface area (Å²) in [6.45, 7) is 8.57. The van der Waals surface area contributed by atoms with Gasteiger partial charge in [-0.3, -0.25) is 0 Å². The van der Waals surface area contributed by atoms with E-state index >= 15 is 0 Å². The smallest absolute Gasteiger partial charge is 0.208 e. The van der Waals surface area contributed by atoms with E-state index in [1.54, 1.807) is 0 Å². The van der Waals surface area contributed by atoms with Crippen molar-refractivity contribution in [3.63, 3.8) is 0 Å². The zero-order valence-electron chi connectivity index (χ0n) is 37.2. The number of hydrogen-bond donors (Lipinski definition) is 0. The van der Waals surface area contributed by atoms with Crippen LogP contribution in [0.15, 0.2) is 215 Å². The monoisotopic (exact) mass is 890 g/mol. The summed E-state index contributed by atoms with van der Waals surface area (Å²) in [5.41, 5.74) is 13.6. The lowest BCUT2D eigenvalue weighted by molar-refractivity contribution is 0.668. The lowest BCUT2D eigenvalue weighted by Crippen LogP contribution is -2.02. The zero-order valence-corrected chi connectivity index (χ0v) is 37.2. The molecule has 6 heteroatoms. The first-order valence-electron chi connectivity index (χ1n) is 23.3. The minimum absolute atomic E-state index is 0.285. The van der Waals surface area contributed by atoms with Gasteiger partial charge in [0.15, 0.2) is 0 Å².